The smallest absolute Gasteiger partial charge is 0.313 e. The van der Waals surface area contributed by atoms with E-state index in [1.54, 1.807) is 31.3 Å². The molecule has 2 N–H and O–H groups in total. The molecule has 1 saturated heterocycles. The Kier molecular flexibility index (Phi) is 7.17. The number of methoxy groups -OCH3 is 1. The summed E-state index contributed by atoms with van der Waals surface area (Å²) in [4.78, 5) is 42.2. The third-order valence-electron chi connectivity index (χ3n) is 5.67. The maximum Gasteiger partial charge on any atom is 0.313 e. The number of amides is 3. The molecule has 3 amide bonds. The van der Waals surface area contributed by atoms with Gasteiger partial charge >= 0.3 is 11.8 Å². The van der Waals surface area contributed by atoms with Gasteiger partial charge in [0, 0.05) is 37.3 Å². The van der Waals surface area contributed by atoms with Gasteiger partial charge in [0.2, 0.25) is 5.91 Å². The van der Waals surface area contributed by atoms with Gasteiger partial charge in [-0.2, -0.15) is 0 Å². The Morgan fingerprint density at radius 1 is 1.22 bits per heavy atom. The van der Waals surface area contributed by atoms with Gasteiger partial charge in [0.25, 0.3) is 0 Å². The number of nitrogens with zero attached hydrogens (tertiary/aromatic N) is 2. The van der Waals surface area contributed by atoms with E-state index in [0.29, 0.717) is 28.7 Å². The molecule has 0 bridgehead atoms. The zero-order chi connectivity index (χ0) is 23.3. The van der Waals surface area contributed by atoms with Crippen LogP contribution in [0.5, 0.6) is 5.75 Å². The lowest BCUT2D eigenvalue weighted by molar-refractivity contribution is -0.137. The summed E-state index contributed by atoms with van der Waals surface area (Å²) in [6.07, 6.45) is 5.40. The van der Waals surface area contributed by atoms with Gasteiger partial charge in [0.1, 0.15) is 5.75 Å². The van der Waals surface area contributed by atoms with E-state index in [0.717, 1.165) is 32.4 Å². The van der Waals surface area contributed by atoms with Gasteiger partial charge in [0.05, 0.1) is 18.9 Å². The molecule has 32 heavy (non-hydrogen) atoms. The fourth-order valence-electron chi connectivity index (χ4n) is 4.10. The van der Waals surface area contributed by atoms with Crippen LogP contribution in [-0.2, 0) is 14.4 Å². The highest BCUT2D eigenvalue weighted by molar-refractivity contribution is 6.39. The fourth-order valence-corrected chi connectivity index (χ4v) is 4.10. The number of hydrogen-bond donors (Lipinski definition) is 2. The largest absolute Gasteiger partial charge is 0.496 e. The molecule has 1 aliphatic rings. The minimum atomic E-state index is -0.751. The summed E-state index contributed by atoms with van der Waals surface area (Å²) < 4.78 is 10.7. The summed E-state index contributed by atoms with van der Waals surface area (Å²) >= 11 is 0. The van der Waals surface area contributed by atoms with Crippen molar-refractivity contribution in [2.45, 2.75) is 45.6 Å². The number of benzene rings is 1. The second-order valence-corrected chi connectivity index (χ2v) is 8.73. The molecule has 0 aliphatic carbocycles. The first-order valence-corrected chi connectivity index (χ1v) is 10.6. The molecular formula is C23H30N4O5. The number of hydrogen-bond acceptors (Lipinski definition) is 6. The van der Waals surface area contributed by atoms with Crippen LogP contribution in [0.25, 0.3) is 11.3 Å². The third kappa shape index (κ3) is 5.87. The molecule has 172 valence electrons. The monoisotopic (exact) mass is 442 g/mol. The van der Waals surface area contributed by atoms with Crippen molar-refractivity contribution in [3.63, 3.8) is 0 Å². The van der Waals surface area contributed by atoms with E-state index in [-0.39, 0.29) is 5.91 Å². The van der Waals surface area contributed by atoms with Crippen molar-refractivity contribution >= 4 is 23.4 Å². The van der Waals surface area contributed by atoms with Crippen molar-refractivity contribution in [1.29, 1.82) is 0 Å². The Hall–Kier alpha value is -3.36. The molecule has 9 heteroatoms. The normalized spacial score (nSPS) is 14.7. The molecule has 1 aromatic carbocycles. The van der Waals surface area contributed by atoms with Crippen molar-refractivity contribution in [1.82, 2.24) is 15.2 Å². The molecule has 0 atom stereocenters. The van der Waals surface area contributed by atoms with Crippen molar-refractivity contribution in [2.75, 3.05) is 25.5 Å². The Balaban J connectivity index is 1.56. The predicted octanol–water partition coefficient (Wildman–Crippen LogP) is 2.83. The first-order valence-electron chi connectivity index (χ1n) is 10.6. The number of carbonyl (C=O) groups is 3. The average molecular weight is 443 g/mol. The first kappa shape index (κ1) is 23.3. The van der Waals surface area contributed by atoms with E-state index in [2.05, 4.69) is 15.6 Å². The quantitative estimate of drug-likeness (QED) is 0.665. The van der Waals surface area contributed by atoms with E-state index in [9.17, 15) is 14.4 Å². The summed E-state index contributed by atoms with van der Waals surface area (Å²) in [5, 5.41) is 5.45. The fraction of sp³-hybridized carbons (Fsp3) is 0.478. The molecule has 1 fully saturated rings. The first-order chi connectivity index (χ1) is 15.2. The molecule has 1 aromatic heterocycles. The molecule has 0 spiro atoms. The van der Waals surface area contributed by atoms with Crippen LogP contribution >= 0.6 is 0 Å². The van der Waals surface area contributed by atoms with E-state index < -0.39 is 17.4 Å². The van der Waals surface area contributed by atoms with Crippen LogP contribution in [0, 0.1) is 5.92 Å². The number of anilines is 1. The predicted molar refractivity (Wildman–Crippen MR) is 119 cm³/mol. The van der Waals surface area contributed by atoms with Gasteiger partial charge < -0.3 is 24.7 Å². The number of piperidine rings is 1. The number of likely N-dealkylation sites (tertiary alicyclic amines) is 1. The van der Waals surface area contributed by atoms with Crippen molar-refractivity contribution in [3.8, 4) is 17.1 Å². The Morgan fingerprint density at radius 2 is 1.94 bits per heavy atom. The summed E-state index contributed by atoms with van der Waals surface area (Å²) in [7, 11) is 1.51. The summed E-state index contributed by atoms with van der Waals surface area (Å²) in [6.45, 7) is 6.86. The number of aromatic nitrogens is 1. The Bertz CT molecular complexity index is 963. The van der Waals surface area contributed by atoms with Crippen LogP contribution in [0.2, 0.25) is 0 Å². The molecule has 1 aliphatic heterocycles. The molecule has 2 aromatic rings. The topological polar surface area (TPSA) is 114 Å². The minimum Gasteiger partial charge on any atom is -0.496 e. The Labute approximate surface area is 187 Å². The number of rotatable bonds is 6. The van der Waals surface area contributed by atoms with Crippen molar-refractivity contribution in [2.24, 2.45) is 5.92 Å². The molecule has 3 rings (SSSR count). The van der Waals surface area contributed by atoms with Crippen LogP contribution in [-0.4, -0.2) is 53.3 Å². The van der Waals surface area contributed by atoms with Gasteiger partial charge in [-0.25, -0.2) is 4.98 Å². The number of nitrogens with one attached hydrogen (secondary N) is 2. The lowest BCUT2D eigenvalue weighted by Crippen LogP contribution is -2.50. The van der Waals surface area contributed by atoms with E-state index >= 15 is 0 Å². The van der Waals surface area contributed by atoms with Gasteiger partial charge in [-0.3, -0.25) is 14.4 Å². The van der Waals surface area contributed by atoms with E-state index in [1.165, 1.54) is 13.5 Å². The molecular weight excluding hydrogens is 412 g/mol. The average Bonchev–Trinajstić information content (AvgIpc) is 3.28. The molecule has 0 radical (unpaired) electrons. The maximum atomic E-state index is 12.5. The molecule has 2 heterocycles. The minimum absolute atomic E-state index is 0.0955. The highest BCUT2D eigenvalue weighted by Gasteiger charge is 2.30. The third-order valence-corrected chi connectivity index (χ3v) is 5.67. The number of ether oxygens (including phenoxy) is 1. The molecule has 0 unspecified atom stereocenters. The summed E-state index contributed by atoms with van der Waals surface area (Å²) in [5.41, 5.74) is 0.565. The lowest BCUT2D eigenvalue weighted by Gasteiger charge is -2.36. The summed E-state index contributed by atoms with van der Waals surface area (Å²) in [6, 6.07) is 5.01. The second-order valence-electron chi connectivity index (χ2n) is 8.73. The SMILES string of the molecule is COc1cc(NC(=O)C(=O)NC(C)(C)CC2CCN(C(C)=O)CC2)ccc1-c1cnco1. The van der Waals surface area contributed by atoms with E-state index in [1.807, 2.05) is 18.7 Å². The second kappa shape index (κ2) is 9.84. The van der Waals surface area contributed by atoms with Crippen molar-refractivity contribution < 1.29 is 23.5 Å². The molecule has 9 nitrogen and oxygen atoms in total. The maximum absolute atomic E-state index is 12.5. The van der Waals surface area contributed by atoms with E-state index in [4.69, 9.17) is 9.15 Å². The van der Waals surface area contributed by atoms with Crippen molar-refractivity contribution in [3.05, 3.63) is 30.8 Å². The number of oxazole rings is 1. The van der Waals surface area contributed by atoms with Crippen LogP contribution in [0.15, 0.2) is 35.2 Å². The lowest BCUT2D eigenvalue weighted by atomic mass is 9.84. The number of carbonyl (C=O) groups excluding carboxylic acids is 3. The molecule has 0 saturated carbocycles. The van der Waals surface area contributed by atoms with Gasteiger partial charge in [-0.1, -0.05) is 0 Å². The standard InChI is InChI=1S/C23H30N4O5/c1-15(28)27-9-7-16(8-10-27)12-23(2,3)26-22(30)21(29)25-17-5-6-18(19(11-17)31-4)20-13-24-14-32-20/h5-6,11,13-14,16H,7-10,12H2,1-4H3,(H,25,29)(H,26,30). The van der Waals surface area contributed by atoms with Crippen LogP contribution < -0.4 is 15.4 Å². The Morgan fingerprint density at radius 3 is 2.53 bits per heavy atom. The summed E-state index contributed by atoms with van der Waals surface area (Å²) in [5.74, 6) is 0.0500. The zero-order valence-electron chi connectivity index (χ0n) is 18.9. The van der Waals surface area contributed by atoms with Crippen LogP contribution in [0.1, 0.15) is 40.0 Å². The highest BCUT2D eigenvalue weighted by Crippen LogP contribution is 2.32. The van der Waals surface area contributed by atoms with Crippen LogP contribution in [0.3, 0.4) is 0 Å². The van der Waals surface area contributed by atoms with Gasteiger partial charge in [-0.05, 0) is 51.2 Å². The zero-order valence-corrected chi connectivity index (χ0v) is 18.9. The van der Waals surface area contributed by atoms with Gasteiger partial charge in [-0.15, -0.1) is 0 Å². The van der Waals surface area contributed by atoms with Crippen LogP contribution in [0.4, 0.5) is 5.69 Å². The highest BCUT2D eigenvalue weighted by atomic mass is 16.5. The van der Waals surface area contributed by atoms with Gasteiger partial charge in [0.15, 0.2) is 12.2 Å².